The Labute approximate surface area is 181 Å². The van der Waals surface area contributed by atoms with Crippen LogP contribution in [0.1, 0.15) is 29.2 Å². The van der Waals surface area contributed by atoms with Crippen LogP contribution in [0.4, 0.5) is 0 Å². The first-order valence-electron chi connectivity index (χ1n) is 10.1. The minimum absolute atomic E-state index is 0.0331. The van der Waals surface area contributed by atoms with Crippen molar-refractivity contribution < 1.29 is 23.7 Å². The van der Waals surface area contributed by atoms with E-state index in [1.54, 1.807) is 14.2 Å². The van der Waals surface area contributed by atoms with Gasteiger partial charge in [-0.1, -0.05) is 30.3 Å². The summed E-state index contributed by atoms with van der Waals surface area (Å²) in [6, 6.07) is 20.9. The number of rotatable bonds is 8. The normalized spacial score (nSPS) is 12.0. The number of carbonyl (C=O) groups is 1. The number of nitrogens with one attached hydrogen (secondary N) is 1. The molecule has 1 aliphatic rings. The highest BCUT2D eigenvalue weighted by atomic mass is 16.7. The average Bonchev–Trinajstić information content (AvgIpc) is 3.29. The molecule has 160 valence electrons. The van der Waals surface area contributed by atoms with Crippen LogP contribution in [-0.4, -0.2) is 26.9 Å². The summed E-state index contributed by atoms with van der Waals surface area (Å²) < 4.78 is 21.3. The quantitative estimate of drug-likeness (QED) is 0.591. The molecule has 6 heteroatoms. The molecule has 31 heavy (non-hydrogen) atoms. The van der Waals surface area contributed by atoms with E-state index in [4.69, 9.17) is 18.9 Å². The number of amides is 1. The predicted molar refractivity (Wildman–Crippen MR) is 117 cm³/mol. The van der Waals surface area contributed by atoms with Gasteiger partial charge in [0.1, 0.15) is 11.5 Å². The van der Waals surface area contributed by atoms with Crippen LogP contribution in [0.2, 0.25) is 0 Å². The fourth-order valence-corrected chi connectivity index (χ4v) is 3.54. The third-order valence-corrected chi connectivity index (χ3v) is 5.28. The molecule has 1 heterocycles. The minimum Gasteiger partial charge on any atom is -0.497 e. The number of ether oxygens (including phenoxy) is 4. The first kappa shape index (κ1) is 20.6. The molecule has 1 aliphatic heterocycles. The molecule has 0 radical (unpaired) electrons. The van der Waals surface area contributed by atoms with Crippen LogP contribution in [0.15, 0.2) is 66.7 Å². The van der Waals surface area contributed by atoms with Crippen molar-refractivity contribution in [1.82, 2.24) is 5.32 Å². The van der Waals surface area contributed by atoms with Gasteiger partial charge in [-0.15, -0.1) is 0 Å². The SMILES string of the molecule is COc1ccc(C(NC(=O)CCc2ccc3c(c2)OCO3)c2ccc(OC)cc2)cc1. The topological polar surface area (TPSA) is 66.0 Å². The Kier molecular flexibility index (Phi) is 6.26. The largest absolute Gasteiger partial charge is 0.497 e. The Bertz CT molecular complexity index is 983. The van der Waals surface area contributed by atoms with Crippen molar-refractivity contribution in [3.8, 4) is 23.0 Å². The van der Waals surface area contributed by atoms with E-state index in [1.165, 1.54) is 0 Å². The van der Waals surface area contributed by atoms with E-state index in [-0.39, 0.29) is 18.7 Å². The van der Waals surface area contributed by atoms with Gasteiger partial charge in [0.2, 0.25) is 12.7 Å². The molecule has 0 unspecified atom stereocenters. The van der Waals surface area contributed by atoms with Gasteiger partial charge in [-0.2, -0.15) is 0 Å². The van der Waals surface area contributed by atoms with E-state index >= 15 is 0 Å². The van der Waals surface area contributed by atoms with Gasteiger partial charge < -0.3 is 24.3 Å². The molecule has 0 bridgehead atoms. The Balaban J connectivity index is 1.48. The number of benzene rings is 3. The molecule has 3 aromatic carbocycles. The van der Waals surface area contributed by atoms with Crippen molar-refractivity contribution in [2.24, 2.45) is 0 Å². The molecule has 1 N–H and O–H groups in total. The smallest absolute Gasteiger partial charge is 0.231 e. The van der Waals surface area contributed by atoms with E-state index in [0.717, 1.165) is 39.7 Å². The maximum atomic E-state index is 12.8. The lowest BCUT2D eigenvalue weighted by atomic mass is 9.98. The number of fused-ring (bicyclic) bond motifs is 1. The first-order chi connectivity index (χ1) is 15.2. The molecule has 0 spiro atoms. The molecule has 0 aromatic heterocycles. The number of carbonyl (C=O) groups excluding carboxylic acids is 1. The summed E-state index contributed by atoms with van der Waals surface area (Å²) in [4.78, 5) is 12.8. The van der Waals surface area contributed by atoms with Gasteiger partial charge >= 0.3 is 0 Å². The highest BCUT2D eigenvalue weighted by molar-refractivity contribution is 5.77. The van der Waals surface area contributed by atoms with Crippen molar-refractivity contribution in [3.05, 3.63) is 83.4 Å². The molecular formula is C25H25NO5. The lowest BCUT2D eigenvalue weighted by Crippen LogP contribution is -2.29. The fraction of sp³-hybridized carbons (Fsp3) is 0.240. The second kappa shape index (κ2) is 9.43. The second-order valence-electron chi connectivity index (χ2n) is 7.23. The van der Waals surface area contributed by atoms with Crippen molar-refractivity contribution >= 4 is 5.91 Å². The number of methoxy groups -OCH3 is 2. The molecule has 3 aromatic rings. The number of aryl methyl sites for hydroxylation is 1. The third-order valence-electron chi connectivity index (χ3n) is 5.28. The molecule has 0 aliphatic carbocycles. The van der Waals surface area contributed by atoms with Gasteiger partial charge in [0, 0.05) is 6.42 Å². The van der Waals surface area contributed by atoms with E-state index in [1.807, 2.05) is 66.7 Å². The zero-order valence-corrected chi connectivity index (χ0v) is 17.6. The molecule has 6 nitrogen and oxygen atoms in total. The Hall–Kier alpha value is -3.67. The van der Waals surface area contributed by atoms with Crippen molar-refractivity contribution in [2.75, 3.05) is 21.0 Å². The molecule has 4 rings (SSSR count). The maximum Gasteiger partial charge on any atom is 0.231 e. The Morgan fingerprint density at radius 1 is 0.871 bits per heavy atom. The molecule has 0 fully saturated rings. The zero-order chi connectivity index (χ0) is 21.6. The molecule has 0 saturated carbocycles. The highest BCUT2D eigenvalue weighted by Crippen LogP contribution is 2.33. The number of hydrogen-bond donors (Lipinski definition) is 1. The molecule has 0 saturated heterocycles. The standard InChI is InChI=1S/C25H25NO5/c1-28-20-9-5-18(6-10-20)25(19-7-11-21(29-2)12-8-19)26-24(27)14-4-17-3-13-22-23(15-17)31-16-30-22/h3,5-13,15,25H,4,14,16H2,1-2H3,(H,26,27). The summed E-state index contributed by atoms with van der Waals surface area (Å²) in [7, 11) is 3.27. The summed E-state index contributed by atoms with van der Waals surface area (Å²) >= 11 is 0. The van der Waals surface area contributed by atoms with Crippen LogP contribution >= 0.6 is 0 Å². The summed E-state index contributed by atoms with van der Waals surface area (Å²) in [6.07, 6.45) is 0.975. The zero-order valence-electron chi connectivity index (χ0n) is 17.6. The van der Waals surface area contributed by atoms with E-state index < -0.39 is 0 Å². The lowest BCUT2D eigenvalue weighted by molar-refractivity contribution is -0.121. The lowest BCUT2D eigenvalue weighted by Gasteiger charge is -2.20. The monoisotopic (exact) mass is 419 g/mol. The van der Waals surface area contributed by atoms with Crippen molar-refractivity contribution in [3.63, 3.8) is 0 Å². The summed E-state index contributed by atoms with van der Waals surface area (Å²) in [6.45, 7) is 0.241. The van der Waals surface area contributed by atoms with Gasteiger partial charge in [0.05, 0.1) is 20.3 Å². The first-order valence-corrected chi connectivity index (χ1v) is 10.1. The molecule has 0 atom stereocenters. The van der Waals surface area contributed by atoms with Gasteiger partial charge in [-0.05, 0) is 59.5 Å². The maximum absolute atomic E-state index is 12.8. The van der Waals surface area contributed by atoms with Crippen LogP contribution < -0.4 is 24.3 Å². The van der Waals surface area contributed by atoms with E-state index in [9.17, 15) is 4.79 Å². The third kappa shape index (κ3) is 4.91. The fourth-order valence-electron chi connectivity index (χ4n) is 3.54. The van der Waals surface area contributed by atoms with Crippen molar-refractivity contribution in [1.29, 1.82) is 0 Å². The summed E-state index contributed by atoms with van der Waals surface area (Å²) in [5.74, 6) is 2.98. The van der Waals surface area contributed by atoms with Crippen LogP contribution in [0.25, 0.3) is 0 Å². The van der Waals surface area contributed by atoms with Crippen LogP contribution in [0.5, 0.6) is 23.0 Å². The van der Waals surface area contributed by atoms with E-state index in [2.05, 4.69) is 5.32 Å². The van der Waals surface area contributed by atoms with Gasteiger partial charge in [0.25, 0.3) is 0 Å². The summed E-state index contributed by atoms with van der Waals surface area (Å²) in [5.41, 5.74) is 2.98. The number of hydrogen-bond acceptors (Lipinski definition) is 5. The van der Waals surface area contributed by atoms with Crippen molar-refractivity contribution in [2.45, 2.75) is 18.9 Å². The highest BCUT2D eigenvalue weighted by Gasteiger charge is 2.18. The van der Waals surface area contributed by atoms with Gasteiger partial charge in [-0.25, -0.2) is 0 Å². The van der Waals surface area contributed by atoms with Gasteiger partial charge in [0.15, 0.2) is 11.5 Å². The predicted octanol–water partition coefficient (Wildman–Crippen LogP) is 4.27. The molecular weight excluding hydrogens is 394 g/mol. The van der Waals surface area contributed by atoms with Crippen LogP contribution in [-0.2, 0) is 11.2 Å². The van der Waals surface area contributed by atoms with Crippen LogP contribution in [0, 0.1) is 0 Å². The van der Waals surface area contributed by atoms with Crippen LogP contribution in [0.3, 0.4) is 0 Å². The van der Waals surface area contributed by atoms with E-state index in [0.29, 0.717) is 12.8 Å². The summed E-state index contributed by atoms with van der Waals surface area (Å²) in [5, 5.41) is 3.17. The second-order valence-corrected chi connectivity index (χ2v) is 7.23. The molecule has 1 amide bonds. The van der Waals surface area contributed by atoms with Gasteiger partial charge in [-0.3, -0.25) is 4.79 Å². The minimum atomic E-state index is -0.277. The average molecular weight is 419 g/mol. The Morgan fingerprint density at radius 2 is 1.45 bits per heavy atom. The Morgan fingerprint density at radius 3 is 2.03 bits per heavy atom.